The number of rotatable bonds is 3. The highest BCUT2D eigenvalue weighted by molar-refractivity contribution is 7.20. The molecule has 1 aromatic carbocycles. The average molecular weight is 281 g/mol. The second kappa shape index (κ2) is 4.97. The third-order valence-corrected chi connectivity index (χ3v) is 4.05. The van der Waals surface area contributed by atoms with Crippen LogP contribution < -0.4 is 0 Å². The Morgan fingerprint density at radius 3 is 2.68 bits per heavy atom. The van der Waals surface area contributed by atoms with E-state index in [1.54, 1.807) is 12.1 Å². The molecule has 0 radical (unpaired) electrons. The zero-order valence-corrected chi connectivity index (χ0v) is 11.2. The van der Waals surface area contributed by atoms with E-state index in [0.29, 0.717) is 10.3 Å². The first-order chi connectivity index (χ1) is 8.90. The summed E-state index contributed by atoms with van der Waals surface area (Å²) < 4.78 is 13.9. The van der Waals surface area contributed by atoms with Crippen molar-refractivity contribution < 1.29 is 19.1 Å². The van der Waals surface area contributed by atoms with Crippen LogP contribution in [-0.4, -0.2) is 35.0 Å². The number of hydrogen-bond donors (Lipinski definition) is 1. The second-order valence-electron chi connectivity index (χ2n) is 4.22. The number of carboxylic acids is 1. The smallest absolute Gasteiger partial charge is 0.326 e. The van der Waals surface area contributed by atoms with Crippen LogP contribution in [0.1, 0.15) is 16.6 Å². The molecular formula is C13H12FNO3S. The van der Waals surface area contributed by atoms with Crippen LogP contribution in [0.3, 0.4) is 0 Å². The molecule has 100 valence electrons. The molecule has 1 heterocycles. The van der Waals surface area contributed by atoms with E-state index in [0.717, 1.165) is 9.60 Å². The molecule has 0 bridgehead atoms. The largest absolute Gasteiger partial charge is 0.480 e. The average Bonchev–Trinajstić information content (AvgIpc) is 2.78. The fraction of sp³-hybridized carbons (Fsp3) is 0.231. The number of fused-ring (bicyclic) bond motifs is 1. The SMILES string of the molecule is CC(C(=O)O)N(C)C(=O)c1cc2cc(F)ccc2s1. The number of carboxylic acid groups (broad SMARTS) is 1. The first kappa shape index (κ1) is 13.5. The van der Waals surface area contributed by atoms with Crippen molar-refractivity contribution in [1.29, 1.82) is 0 Å². The summed E-state index contributed by atoms with van der Waals surface area (Å²) in [6, 6.07) is 4.96. The maximum Gasteiger partial charge on any atom is 0.326 e. The third kappa shape index (κ3) is 2.58. The summed E-state index contributed by atoms with van der Waals surface area (Å²) in [5, 5.41) is 9.53. The van der Waals surface area contributed by atoms with Gasteiger partial charge in [-0.15, -0.1) is 11.3 Å². The zero-order chi connectivity index (χ0) is 14.2. The van der Waals surface area contributed by atoms with Crippen molar-refractivity contribution in [2.24, 2.45) is 0 Å². The highest BCUT2D eigenvalue weighted by atomic mass is 32.1. The number of thiophene rings is 1. The molecule has 2 rings (SSSR count). The highest BCUT2D eigenvalue weighted by Crippen LogP contribution is 2.27. The molecule has 0 aliphatic heterocycles. The number of aliphatic carboxylic acids is 1. The van der Waals surface area contributed by atoms with Gasteiger partial charge in [0.25, 0.3) is 5.91 Å². The Labute approximate surface area is 113 Å². The van der Waals surface area contributed by atoms with Crippen molar-refractivity contribution in [2.75, 3.05) is 7.05 Å². The molecule has 0 aliphatic rings. The van der Waals surface area contributed by atoms with E-state index in [1.165, 1.54) is 37.4 Å². The van der Waals surface area contributed by atoms with Gasteiger partial charge in [-0.3, -0.25) is 4.79 Å². The van der Waals surface area contributed by atoms with E-state index in [2.05, 4.69) is 0 Å². The summed E-state index contributed by atoms with van der Waals surface area (Å²) in [5.74, 6) is -1.81. The Kier molecular flexibility index (Phi) is 3.53. The Hall–Kier alpha value is -1.95. The van der Waals surface area contributed by atoms with Crippen molar-refractivity contribution in [3.63, 3.8) is 0 Å². The van der Waals surface area contributed by atoms with E-state index in [1.807, 2.05) is 0 Å². The Morgan fingerprint density at radius 2 is 2.05 bits per heavy atom. The van der Waals surface area contributed by atoms with Crippen LogP contribution in [0.15, 0.2) is 24.3 Å². The molecule has 1 atom stereocenters. The topological polar surface area (TPSA) is 57.6 Å². The number of amides is 1. The van der Waals surface area contributed by atoms with Gasteiger partial charge in [0.15, 0.2) is 0 Å². The fourth-order valence-electron chi connectivity index (χ4n) is 1.63. The fourth-order valence-corrected chi connectivity index (χ4v) is 2.66. The van der Waals surface area contributed by atoms with Crippen LogP contribution in [0.25, 0.3) is 10.1 Å². The van der Waals surface area contributed by atoms with Gasteiger partial charge in [-0.1, -0.05) is 0 Å². The summed E-state index contributed by atoms with van der Waals surface area (Å²) in [5.41, 5.74) is 0. The lowest BCUT2D eigenvalue weighted by Crippen LogP contribution is -2.39. The summed E-state index contributed by atoms with van der Waals surface area (Å²) in [7, 11) is 1.44. The molecule has 0 spiro atoms. The summed E-state index contributed by atoms with van der Waals surface area (Å²) in [6.45, 7) is 1.44. The monoisotopic (exact) mass is 281 g/mol. The predicted octanol–water partition coefficient (Wildman–Crippen LogP) is 2.59. The molecule has 0 saturated carbocycles. The van der Waals surface area contributed by atoms with Crippen molar-refractivity contribution in [3.05, 3.63) is 35.0 Å². The second-order valence-corrected chi connectivity index (χ2v) is 5.31. The van der Waals surface area contributed by atoms with Gasteiger partial charge in [0, 0.05) is 11.7 Å². The van der Waals surface area contributed by atoms with Gasteiger partial charge in [0.05, 0.1) is 4.88 Å². The minimum Gasteiger partial charge on any atom is -0.480 e. The van der Waals surface area contributed by atoms with Gasteiger partial charge in [-0.05, 0) is 36.6 Å². The maximum atomic E-state index is 13.1. The van der Waals surface area contributed by atoms with Crippen molar-refractivity contribution >= 4 is 33.3 Å². The molecule has 1 amide bonds. The van der Waals surface area contributed by atoms with E-state index < -0.39 is 12.0 Å². The van der Waals surface area contributed by atoms with Crippen molar-refractivity contribution in [2.45, 2.75) is 13.0 Å². The number of carbonyl (C=O) groups is 2. The van der Waals surface area contributed by atoms with Crippen molar-refractivity contribution in [1.82, 2.24) is 4.90 Å². The molecule has 2 aromatic rings. The quantitative estimate of drug-likeness (QED) is 0.940. The molecule has 0 aliphatic carbocycles. The third-order valence-electron chi connectivity index (χ3n) is 2.95. The van der Waals surface area contributed by atoms with Crippen LogP contribution in [0.2, 0.25) is 0 Å². The lowest BCUT2D eigenvalue weighted by molar-refractivity contribution is -0.141. The van der Waals surface area contributed by atoms with Gasteiger partial charge in [0.2, 0.25) is 0 Å². The number of carbonyl (C=O) groups excluding carboxylic acids is 1. The molecule has 1 unspecified atom stereocenters. The van der Waals surface area contributed by atoms with Gasteiger partial charge in [0.1, 0.15) is 11.9 Å². The minimum atomic E-state index is -1.07. The van der Waals surface area contributed by atoms with Crippen molar-refractivity contribution in [3.8, 4) is 0 Å². The van der Waals surface area contributed by atoms with Crippen LogP contribution in [-0.2, 0) is 4.79 Å². The summed E-state index contributed by atoms with van der Waals surface area (Å²) in [6.07, 6.45) is 0. The Balaban J connectivity index is 2.33. The van der Waals surface area contributed by atoms with E-state index in [9.17, 15) is 14.0 Å². The normalized spacial score (nSPS) is 12.4. The lowest BCUT2D eigenvalue weighted by Gasteiger charge is -2.20. The summed E-state index contributed by atoms with van der Waals surface area (Å²) in [4.78, 5) is 24.5. The Morgan fingerprint density at radius 1 is 1.37 bits per heavy atom. The van der Waals surface area contributed by atoms with E-state index in [4.69, 9.17) is 5.11 Å². The summed E-state index contributed by atoms with van der Waals surface area (Å²) >= 11 is 1.22. The number of nitrogens with zero attached hydrogens (tertiary/aromatic N) is 1. The van der Waals surface area contributed by atoms with Crippen LogP contribution in [0.5, 0.6) is 0 Å². The number of benzene rings is 1. The van der Waals surface area contributed by atoms with E-state index >= 15 is 0 Å². The maximum absolute atomic E-state index is 13.1. The molecule has 0 fully saturated rings. The molecule has 6 heteroatoms. The Bertz CT molecular complexity index is 652. The standard InChI is InChI=1S/C13H12FNO3S/c1-7(13(17)18)15(2)12(16)11-6-8-5-9(14)3-4-10(8)19-11/h3-7H,1-2H3,(H,17,18). The zero-order valence-electron chi connectivity index (χ0n) is 10.4. The number of likely N-dealkylation sites (N-methyl/N-ethyl adjacent to an activating group) is 1. The van der Waals surface area contributed by atoms with Gasteiger partial charge < -0.3 is 10.0 Å². The molecule has 1 aromatic heterocycles. The molecule has 1 N–H and O–H groups in total. The first-order valence-electron chi connectivity index (χ1n) is 5.59. The van der Waals surface area contributed by atoms with Crippen LogP contribution in [0.4, 0.5) is 4.39 Å². The predicted molar refractivity (Wildman–Crippen MR) is 71.0 cm³/mol. The van der Waals surface area contributed by atoms with Crippen LogP contribution in [0, 0.1) is 5.82 Å². The lowest BCUT2D eigenvalue weighted by atomic mass is 10.2. The molecule has 19 heavy (non-hydrogen) atoms. The molecule has 4 nitrogen and oxygen atoms in total. The highest BCUT2D eigenvalue weighted by Gasteiger charge is 2.24. The number of hydrogen-bond acceptors (Lipinski definition) is 3. The number of halogens is 1. The van der Waals surface area contributed by atoms with E-state index in [-0.39, 0.29) is 11.7 Å². The molecule has 0 saturated heterocycles. The first-order valence-corrected chi connectivity index (χ1v) is 6.41. The van der Waals surface area contributed by atoms with Gasteiger partial charge in [-0.2, -0.15) is 0 Å². The molecular weight excluding hydrogens is 269 g/mol. The van der Waals surface area contributed by atoms with Gasteiger partial charge >= 0.3 is 5.97 Å². The minimum absolute atomic E-state index is 0.364. The van der Waals surface area contributed by atoms with Crippen LogP contribution >= 0.6 is 11.3 Å². The van der Waals surface area contributed by atoms with Gasteiger partial charge in [-0.25, -0.2) is 9.18 Å².